The van der Waals surface area contributed by atoms with E-state index in [0.29, 0.717) is 0 Å². The van der Waals surface area contributed by atoms with E-state index in [1.807, 2.05) is 0 Å². The van der Waals surface area contributed by atoms with Gasteiger partial charge in [0, 0.05) is 0 Å². The van der Waals surface area contributed by atoms with Crippen molar-refractivity contribution in [2.24, 2.45) is 0 Å². The zero-order valence-electron chi connectivity index (χ0n) is 14.9. The fourth-order valence-corrected chi connectivity index (χ4v) is 6.39. The zero-order valence-corrected chi connectivity index (χ0v) is 18.8. The Morgan fingerprint density at radius 2 is 1.06 bits per heavy atom. The Morgan fingerprint density at radius 1 is 0.727 bits per heavy atom. The van der Waals surface area contributed by atoms with Crippen molar-refractivity contribution >= 4 is 55.2 Å². The van der Waals surface area contributed by atoms with E-state index < -0.39 is 76.2 Å². The molecule has 0 aliphatic heterocycles. The lowest BCUT2D eigenvalue weighted by Crippen LogP contribution is -2.48. The van der Waals surface area contributed by atoms with Gasteiger partial charge in [-0.3, -0.25) is 48.8 Å². The van der Waals surface area contributed by atoms with Gasteiger partial charge in [0.2, 0.25) is 0 Å². The lowest BCUT2D eigenvalue weighted by molar-refractivity contribution is -0.832. The van der Waals surface area contributed by atoms with Crippen molar-refractivity contribution in [2.75, 3.05) is 25.8 Å². The molecule has 15 nitrogen and oxygen atoms in total. The van der Waals surface area contributed by atoms with Crippen molar-refractivity contribution in [1.29, 1.82) is 0 Å². The Labute approximate surface area is 197 Å². The Hall–Kier alpha value is -1.30. The first-order chi connectivity index (χ1) is 14.6. The molecule has 0 aromatic rings. The number of ether oxygens (including phenoxy) is 1. The molecule has 0 aromatic heterocycles. The number of halogens is 8. The second kappa shape index (κ2) is 11.4. The number of alkyl halides is 8. The minimum atomic E-state index is -4.93. The van der Waals surface area contributed by atoms with Crippen LogP contribution in [0.1, 0.15) is 0 Å². The molecule has 0 aliphatic carbocycles. The summed E-state index contributed by atoms with van der Waals surface area (Å²) in [6.45, 7) is -6.60. The van der Waals surface area contributed by atoms with Gasteiger partial charge in [-0.1, -0.05) is 53.2 Å². The summed E-state index contributed by atoms with van der Waals surface area (Å²) in [5, 5.41) is 42.7. The molecule has 0 radical (unpaired) electrons. The van der Waals surface area contributed by atoms with E-state index in [-0.39, 0.29) is 10.8 Å². The minimum Gasteiger partial charge on any atom is -0.360 e. The van der Waals surface area contributed by atoms with Gasteiger partial charge < -0.3 is 4.74 Å². The maximum absolute atomic E-state index is 14.1. The Balaban J connectivity index is 6.16. The van der Waals surface area contributed by atoms with Crippen molar-refractivity contribution in [3.05, 3.63) is 40.5 Å². The van der Waals surface area contributed by atoms with Crippen LogP contribution in [-0.2, 0) is 13.1 Å². The van der Waals surface area contributed by atoms with Gasteiger partial charge in [0.25, 0.3) is 16.3 Å². The quantitative estimate of drug-likeness (QED) is 0.0410. The van der Waals surface area contributed by atoms with E-state index in [1.165, 1.54) is 0 Å². The van der Waals surface area contributed by atoms with Gasteiger partial charge in [-0.15, -0.1) is 0 Å². The van der Waals surface area contributed by atoms with Gasteiger partial charge in [-0.05, 0) is 10.8 Å². The highest BCUT2D eigenvalue weighted by atomic mass is 35.6. The third kappa shape index (κ3) is 8.45. The highest BCUT2D eigenvalue weighted by Gasteiger charge is 2.64. The smallest absolute Gasteiger partial charge is 0.360 e. The van der Waals surface area contributed by atoms with Crippen LogP contribution in [0.3, 0.4) is 0 Å². The molecule has 0 saturated carbocycles. The molecular weight excluding hydrogens is 594 g/mol. The van der Waals surface area contributed by atoms with Crippen LogP contribution in [0.15, 0.2) is 0 Å². The Bertz CT molecular complexity index is 705. The summed E-state index contributed by atoms with van der Waals surface area (Å²) in [5.74, 6) is -10.7. The molecule has 0 fully saturated rings. The molecule has 33 heavy (non-hydrogen) atoms. The fraction of sp³-hybridized carbons (Fsp3) is 1.00. The minimum absolute atomic E-state index is 0.358. The number of nitrogens with zero attached hydrogens (tertiary/aromatic N) is 4. The molecule has 0 aliphatic rings. The molecule has 25 heteroatoms. The molecule has 0 heterocycles. The Kier molecular flexibility index (Phi) is 11.0. The number of rotatable bonds is 14. The molecule has 0 saturated heterocycles. The number of nitro groups is 4. The maximum atomic E-state index is 14.1. The van der Waals surface area contributed by atoms with E-state index in [4.69, 9.17) is 34.8 Å². The standard InChI is InChI=1S/C8H8Cl3F5N4O11S2/c9-8(10,11)33(32-4-29-1-5(12,13)14,30-2-6(15,17(21)22)18(23)24)31-3-7(16,19(25)26)20(27)28/h1-4H2. The van der Waals surface area contributed by atoms with Crippen molar-refractivity contribution < 1.29 is 54.7 Å². The third-order valence-electron chi connectivity index (χ3n) is 2.75. The van der Waals surface area contributed by atoms with Crippen molar-refractivity contribution in [3.8, 4) is 0 Å². The van der Waals surface area contributed by atoms with E-state index in [0.717, 1.165) is 0 Å². The molecule has 0 amide bonds. The summed E-state index contributed by atoms with van der Waals surface area (Å²) in [7, 11) is -5.07. The summed E-state index contributed by atoms with van der Waals surface area (Å²) in [5.41, 5.74) is 0. The molecule has 0 atom stereocenters. The summed E-state index contributed by atoms with van der Waals surface area (Å²) in [6, 6.07) is 0. The summed E-state index contributed by atoms with van der Waals surface area (Å²) >= 11 is 16.5. The summed E-state index contributed by atoms with van der Waals surface area (Å²) in [6.07, 6.45) is -4.93. The molecule has 0 rings (SSSR count). The van der Waals surface area contributed by atoms with Gasteiger partial charge in [-0.2, -0.15) is 13.2 Å². The van der Waals surface area contributed by atoms with Crippen LogP contribution in [0, 0.1) is 40.5 Å². The van der Waals surface area contributed by atoms with Crippen LogP contribution >= 0.6 is 55.2 Å². The van der Waals surface area contributed by atoms with Gasteiger partial charge in [0.05, 0.1) is 0 Å². The second-order valence-electron chi connectivity index (χ2n) is 5.09. The largest absolute Gasteiger partial charge is 0.640 e. The van der Waals surface area contributed by atoms with Crippen LogP contribution in [-0.4, -0.2) is 66.6 Å². The molecular formula is C8H8Cl3F5N4O11S2. The van der Waals surface area contributed by atoms with Crippen LogP contribution in [0.2, 0.25) is 0 Å². The molecule has 0 spiro atoms. The monoisotopic (exact) mass is 600 g/mol. The molecule has 0 bridgehead atoms. The maximum Gasteiger partial charge on any atom is 0.640 e. The highest BCUT2D eigenvalue weighted by Crippen LogP contribution is 2.75. The first-order valence-corrected chi connectivity index (χ1v) is 11.2. The van der Waals surface area contributed by atoms with Gasteiger partial charge in [-0.25, -0.2) is 0 Å². The van der Waals surface area contributed by atoms with E-state index in [2.05, 4.69) is 13.1 Å². The van der Waals surface area contributed by atoms with Crippen molar-refractivity contribution in [1.82, 2.24) is 0 Å². The van der Waals surface area contributed by atoms with E-state index >= 15 is 0 Å². The van der Waals surface area contributed by atoms with E-state index in [9.17, 15) is 62.4 Å². The molecule has 0 N–H and O–H groups in total. The SMILES string of the molecule is O=[N+]([O-])C(F)(COS(OCC(F)([N+](=O)[O-])[N+](=O)[O-])(SCOCC(F)(F)F)C(Cl)(Cl)Cl)[N+](=O)[O-]. The summed E-state index contributed by atoms with van der Waals surface area (Å²) < 4.78 is 74.5. The van der Waals surface area contributed by atoms with Crippen LogP contribution in [0.4, 0.5) is 22.0 Å². The topological polar surface area (TPSA) is 200 Å². The van der Waals surface area contributed by atoms with Gasteiger partial charge in [0.1, 0.15) is 32.2 Å². The summed E-state index contributed by atoms with van der Waals surface area (Å²) in [4.78, 5) is 34.1. The second-order valence-corrected chi connectivity index (χ2v) is 12.5. The molecule has 0 unspecified atom stereocenters. The van der Waals surface area contributed by atoms with Crippen LogP contribution < -0.4 is 0 Å². The number of hydrogen-bond acceptors (Lipinski definition) is 12. The lowest BCUT2D eigenvalue weighted by atomic mass is 10.5. The Morgan fingerprint density at radius 3 is 1.30 bits per heavy atom. The normalized spacial score (nSPS) is 14.1. The zero-order chi connectivity index (χ0) is 26.5. The average Bonchev–Trinajstić information content (AvgIpc) is 2.63. The first-order valence-electron chi connectivity index (χ1n) is 7.08. The van der Waals surface area contributed by atoms with Crippen molar-refractivity contribution in [2.45, 2.75) is 21.1 Å². The average molecular weight is 602 g/mol. The highest BCUT2D eigenvalue weighted by molar-refractivity contribution is 8.91. The first kappa shape index (κ1) is 31.7. The van der Waals surface area contributed by atoms with Crippen LogP contribution in [0.25, 0.3) is 0 Å². The predicted octanol–water partition coefficient (Wildman–Crippen LogP) is 3.52. The lowest BCUT2D eigenvalue weighted by Gasteiger charge is -2.45. The van der Waals surface area contributed by atoms with Crippen LogP contribution in [0.5, 0.6) is 0 Å². The van der Waals surface area contributed by atoms with E-state index in [1.54, 1.807) is 0 Å². The number of hydrogen-bond donors (Lipinski definition) is 0. The van der Waals surface area contributed by atoms with Crippen molar-refractivity contribution in [3.63, 3.8) is 0 Å². The van der Waals surface area contributed by atoms with Gasteiger partial charge in [0.15, 0.2) is 0 Å². The fourth-order valence-electron chi connectivity index (χ4n) is 1.21. The van der Waals surface area contributed by atoms with Gasteiger partial charge >= 0.3 is 18.0 Å². The molecule has 0 aromatic carbocycles. The predicted molar refractivity (Wildman–Crippen MR) is 99.9 cm³/mol. The third-order valence-corrected chi connectivity index (χ3v) is 9.95. The molecule has 194 valence electrons.